The molecule has 2 heterocycles. The van der Waals surface area contributed by atoms with Crippen molar-refractivity contribution in [1.29, 1.82) is 0 Å². The van der Waals surface area contributed by atoms with Crippen LogP contribution in [-0.2, 0) is 4.79 Å². The summed E-state index contributed by atoms with van der Waals surface area (Å²) in [5.74, 6) is -0.904. The van der Waals surface area contributed by atoms with Gasteiger partial charge in [-0.25, -0.2) is 0 Å². The second kappa shape index (κ2) is 4.24. The van der Waals surface area contributed by atoms with Crippen LogP contribution in [0, 0.1) is 0 Å². The molecule has 1 amide bonds. The molecule has 2 N–H and O–H groups in total. The van der Waals surface area contributed by atoms with E-state index < -0.39 is 18.5 Å². The number of hydrogen-bond acceptors (Lipinski definition) is 2. The summed E-state index contributed by atoms with van der Waals surface area (Å²) in [7, 11) is 0. The molecule has 16 heavy (non-hydrogen) atoms. The summed E-state index contributed by atoms with van der Waals surface area (Å²) in [5, 5.41) is 5.85. The lowest BCUT2D eigenvalue weighted by Crippen LogP contribution is -2.48. The second-order valence-electron chi connectivity index (χ2n) is 4.67. The van der Waals surface area contributed by atoms with Crippen molar-refractivity contribution in [2.24, 2.45) is 0 Å². The van der Waals surface area contributed by atoms with Gasteiger partial charge in [0.2, 0.25) is 5.91 Å². The average Bonchev–Trinajstić information content (AvgIpc) is 2.42. The first kappa shape index (κ1) is 11.7. The van der Waals surface area contributed by atoms with Crippen LogP contribution >= 0.6 is 0 Å². The molecule has 2 bridgehead atoms. The zero-order chi connectivity index (χ0) is 11.8. The zero-order valence-corrected chi connectivity index (χ0v) is 8.81. The van der Waals surface area contributed by atoms with Crippen LogP contribution in [-0.4, -0.2) is 30.2 Å². The Kier molecular flexibility index (Phi) is 3.10. The molecular weight excluding hydrogens is 221 g/mol. The standard InChI is InChI=1S/C10H15F3N2O/c11-10(12,13)5-9(16)15-8-3-6-1-2-7(4-8)14-6/h6-8,14H,1-5H2,(H,15,16). The third kappa shape index (κ3) is 3.10. The van der Waals surface area contributed by atoms with E-state index in [1.54, 1.807) is 0 Å². The van der Waals surface area contributed by atoms with Crippen molar-refractivity contribution in [1.82, 2.24) is 10.6 Å². The number of halogens is 3. The molecule has 0 aromatic carbocycles. The lowest BCUT2D eigenvalue weighted by Gasteiger charge is -2.29. The Labute approximate surface area is 91.8 Å². The van der Waals surface area contributed by atoms with E-state index in [1.165, 1.54) is 0 Å². The maximum Gasteiger partial charge on any atom is 0.397 e. The van der Waals surface area contributed by atoms with Crippen LogP contribution in [0.1, 0.15) is 32.1 Å². The quantitative estimate of drug-likeness (QED) is 0.759. The minimum absolute atomic E-state index is 0.0893. The molecular formula is C10H15F3N2O. The molecule has 0 aliphatic carbocycles. The predicted octanol–water partition coefficient (Wildman–Crippen LogP) is 1.34. The van der Waals surface area contributed by atoms with Crippen LogP contribution in [0.15, 0.2) is 0 Å². The molecule has 3 nitrogen and oxygen atoms in total. The number of hydrogen-bond donors (Lipinski definition) is 2. The summed E-state index contributed by atoms with van der Waals surface area (Å²) in [6.07, 6.45) is -2.14. The monoisotopic (exact) mass is 236 g/mol. The third-order valence-corrected chi connectivity index (χ3v) is 3.20. The number of alkyl halides is 3. The number of fused-ring (bicyclic) bond motifs is 2. The summed E-state index contributed by atoms with van der Waals surface area (Å²) >= 11 is 0. The van der Waals surface area contributed by atoms with E-state index >= 15 is 0 Å². The summed E-state index contributed by atoms with van der Waals surface area (Å²) in [5.41, 5.74) is 0. The predicted molar refractivity (Wildman–Crippen MR) is 51.8 cm³/mol. The highest BCUT2D eigenvalue weighted by atomic mass is 19.4. The van der Waals surface area contributed by atoms with Crippen molar-refractivity contribution in [3.05, 3.63) is 0 Å². The van der Waals surface area contributed by atoms with Gasteiger partial charge in [-0.2, -0.15) is 13.2 Å². The van der Waals surface area contributed by atoms with Gasteiger partial charge in [-0.15, -0.1) is 0 Å². The van der Waals surface area contributed by atoms with Crippen molar-refractivity contribution in [3.8, 4) is 0 Å². The number of piperidine rings is 1. The largest absolute Gasteiger partial charge is 0.397 e. The zero-order valence-electron chi connectivity index (χ0n) is 8.81. The fourth-order valence-electron chi connectivity index (χ4n) is 2.64. The molecule has 0 saturated carbocycles. The highest BCUT2D eigenvalue weighted by molar-refractivity contribution is 5.76. The second-order valence-corrected chi connectivity index (χ2v) is 4.67. The Morgan fingerprint density at radius 3 is 2.31 bits per heavy atom. The molecule has 6 heteroatoms. The minimum Gasteiger partial charge on any atom is -0.353 e. The lowest BCUT2D eigenvalue weighted by molar-refractivity contribution is -0.154. The fourth-order valence-corrected chi connectivity index (χ4v) is 2.64. The van der Waals surface area contributed by atoms with E-state index in [4.69, 9.17) is 0 Å². The summed E-state index contributed by atoms with van der Waals surface area (Å²) in [6, 6.07) is 0.651. The van der Waals surface area contributed by atoms with Gasteiger partial charge < -0.3 is 10.6 Å². The van der Waals surface area contributed by atoms with Crippen LogP contribution in [0.25, 0.3) is 0 Å². The number of carbonyl (C=O) groups excluding carboxylic acids is 1. The van der Waals surface area contributed by atoms with E-state index in [0.717, 1.165) is 25.7 Å². The SMILES string of the molecule is O=C(CC(F)(F)F)NC1CC2CCC(C1)N2. The van der Waals surface area contributed by atoms with E-state index in [1.807, 2.05) is 0 Å². The number of rotatable bonds is 2. The topological polar surface area (TPSA) is 41.1 Å². The van der Waals surface area contributed by atoms with E-state index in [-0.39, 0.29) is 6.04 Å². The Morgan fingerprint density at radius 1 is 1.25 bits per heavy atom. The molecule has 2 unspecified atom stereocenters. The van der Waals surface area contributed by atoms with Gasteiger partial charge in [0, 0.05) is 18.1 Å². The van der Waals surface area contributed by atoms with Gasteiger partial charge in [0.05, 0.1) is 0 Å². The van der Waals surface area contributed by atoms with Gasteiger partial charge in [-0.3, -0.25) is 4.79 Å². The van der Waals surface area contributed by atoms with Crippen molar-refractivity contribution in [2.45, 2.75) is 56.4 Å². The Hall–Kier alpha value is -0.780. The highest BCUT2D eigenvalue weighted by Crippen LogP contribution is 2.27. The summed E-state index contributed by atoms with van der Waals surface area (Å²) in [4.78, 5) is 11.1. The van der Waals surface area contributed by atoms with Gasteiger partial charge in [-0.1, -0.05) is 0 Å². The Balaban J connectivity index is 1.79. The first-order chi connectivity index (χ1) is 7.42. The maximum atomic E-state index is 12.0. The summed E-state index contributed by atoms with van der Waals surface area (Å²) < 4.78 is 35.9. The van der Waals surface area contributed by atoms with Gasteiger partial charge >= 0.3 is 6.18 Å². The Morgan fingerprint density at radius 2 is 1.81 bits per heavy atom. The third-order valence-electron chi connectivity index (χ3n) is 3.20. The van der Waals surface area contributed by atoms with Gasteiger partial charge in [0.15, 0.2) is 0 Å². The molecule has 2 fully saturated rings. The van der Waals surface area contributed by atoms with Crippen LogP contribution in [0.2, 0.25) is 0 Å². The van der Waals surface area contributed by atoms with E-state index in [9.17, 15) is 18.0 Å². The smallest absolute Gasteiger partial charge is 0.353 e. The van der Waals surface area contributed by atoms with Gasteiger partial charge in [0.1, 0.15) is 6.42 Å². The number of nitrogens with one attached hydrogen (secondary N) is 2. The molecule has 2 atom stereocenters. The lowest BCUT2D eigenvalue weighted by atomic mass is 10.00. The van der Waals surface area contributed by atoms with Gasteiger partial charge in [-0.05, 0) is 25.7 Å². The molecule has 0 radical (unpaired) electrons. The Bertz CT molecular complexity index is 268. The molecule has 0 aromatic rings. The number of amides is 1. The molecule has 2 aliphatic heterocycles. The van der Waals surface area contributed by atoms with Crippen LogP contribution in [0.4, 0.5) is 13.2 Å². The minimum atomic E-state index is -4.41. The van der Waals surface area contributed by atoms with Crippen molar-refractivity contribution < 1.29 is 18.0 Å². The molecule has 0 aromatic heterocycles. The van der Waals surface area contributed by atoms with E-state index in [0.29, 0.717) is 12.1 Å². The molecule has 92 valence electrons. The van der Waals surface area contributed by atoms with Crippen molar-refractivity contribution >= 4 is 5.91 Å². The molecule has 2 rings (SSSR count). The van der Waals surface area contributed by atoms with Crippen molar-refractivity contribution in [2.75, 3.05) is 0 Å². The van der Waals surface area contributed by atoms with Crippen LogP contribution in [0.5, 0.6) is 0 Å². The average molecular weight is 236 g/mol. The molecule has 2 aliphatic rings. The molecule has 2 saturated heterocycles. The molecule has 0 spiro atoms. The van der Waals surface area contributed by atoms with E-state index in [2.05, 4.69) is 10.6 Å². The van der Waals surface area contributed by atoms with Crippen LogP contribution < -0.4 is 10.6 Å². The normalized spacial score (nSPS) is 33.8. The first-order valence-corrected chi connectivity index (χ1v) is 5.54. The van der Waals surface area contributed by atoms with Gasteiger partial charge in [0.25, 0.3) is 0 Å². The maximum absolute atomic E-state index is 12.0. The fraction of sp³-hybridized carbons (Fsp3) is 0.900. The van der Waals surface area contributed by atoms with Crippen LogP contribution in [0.3, 0.4) is 0 Å². The summed E-state index contributed by atoms with van der Waals surface area (Å²) in [6.45, 7) is 0. The first-order valence-electron chi connectivity index (χ1n) is 5.54. The number of carbonyl (C=O) groups is 1. The highest BCUT2D eigenvalue weighted by Gasteiger charge is 2.36. The van der Waals surface area contributed by atoms with Crippen molar-refractivity contribution in [3.63, 3.8) is 0 Å².